The van der Waals surface area contributed by atoms with Gasteiger partial charge in [0, 0.05) is 61.8 Å². The normalized spacial score (nSPS) is 11.5. The number of hydrogen-bond donors (Lipinski definition) is 0. The van der Waals surface area contributed by atoms with Gasteiger partial charge in [0.1, 0.15) is 22.3 Å². The molecule has 0 spiro atoms. The van der Waals surface area contributed by atoms with Crippen LogP contribution in [-0.4, -0.2) is 28.4 Å². The number of furan rings is 2. The van der Waals surface area contributed by atoms with Gasteiger partial charge in [-0.2, -0.15) is 0 Å². The molecule has 8 heteroatoms. The summed E-state index contributed by atoms with van der Waals surface area (Å²) in [6, 6.07) is 58.4. The van der Waals surface area contributed by atoms with Crippen LogP contribution in [-0.2, 0) is 0 Å². The van der Waals surface area contributed by atoms with Crippen LogP contribution in [0.15, 0.2) is 179 Å². The summed E-state index contributed by atoms with van der Waals surface area (Å²) >= 11 is 0. The van der Waals surface area contributed by atoms with Crippen LogP contribution in [0.2, 0.25) is 0 Å². The average molecular weight is 813 g/mol. The van der Waals surface area contributed by atoms with E-state index in [0.29, 0.717) is 23.0 Å². The summed E-state index contributed by atoms with van der Waals surface area (Å²) in [6.07, 6.45) is 0. The molecule has 62 heavy (non-hydrogen) atoms. The second-order valence-corrected chi connectivity index (χ2v) is 15.1. The fourth-order valence-electron chi connectivity index (χ4n) is 8.90. The van der Waals surface area contributed by atoms with Crippen LogP contribution in [0.1, 0.15) is 0 Å². The molecule has 2 aromatic heterocycles. The first-order valence-corrected chi connectivity index (χ1v) is 20.4. The highest BCUT2D eigenvalue weighted by atomic mass is 16.5. The third-order valence-electron chi connectivity index (χ3n) is 11.8. The first kappa shape index (κ1) is 36.9. The van der Waals surface area contributed by atoms with Crippen molar-refractivity contribution in [3.63, 3.8) is 0 Å². The molecule has 8 nitrogen and oxygen atoms in total. The Morgan fingerprint density at radius 3 is 1.26 bits per heavy atom. The number of anilines is 6. The number of rotatable bonds is 10. The quantitative estimate of drug-likeness (QED) is 0.135. The zero-order valence-corrected chi connectivity index (χ0v) is 34.5. The van der Waals surface area contributed by atoms with Gasteiger partial charge in [-0.15, -0.1) is 0 Å². The maximum atomic E-state index is 6.94. The Morgan fingerprint density at radius 1 is 0.323 bits per heavy atom. The van der Waals surface area contributed by atoms with E-state index >= 15 is 0 Å². The molecule has 0 amide bonds. The van der Waals surface area contributed by atoms with Gasteiger partial charge in [-0.1, -0.05) is 48.5 Å². The summed E-state index contributed by atoms with van der Waals surface area (Å²) in [5.74, 6) is 2.67. The number of para-hydroxylation sites is 2. The monoisotopic (exact) mass is 812 g/mol. The van der Waals surface area contributed by atoms with E-state index in [1.165, 1.54) is 0 Å². The molecule has 0 bridgehead atoms. The molecule has 2 heterocycles. The molecular formula is C54H40N2O6. The standard InChI is InChI=1S/C54H40N2O6/c1-57-46-26-19-39(31-49(46)59-3)55(35-11-7-5-8-12-35)37-17-23-41-33(29-37)15-21-43-44-25-28-48-51(54(44)62-52(41)43)45-22-16-34-30-38(18-24-42(34)53(45)61-48)56(36-13-9-6-10-14-36)40-20-27-47(58-2)50(32-40)60-4/h5-32H,1-4H3. The Morgan fingerprint density at radius 2 is 0.742 bits per heavy atom. The van der Waals surface area contributed by atoms with E-state index in [0.717, 1.165) is 99.5 Å². The lowest BCUT2D eigenvalue weighted by Crippen LogP contribution is -2.10. The molecule has 9 aromatic carbocycles. The number of benzene rings is 9. The number of fused-ring (bicyclic) bond motifs is 11. The third kappa shape index (κ3) is 5.91. The number of hydrogen-bond acceptors (Lipinski definition) is 8. The van der Waals surface area contributed by atoms with Crippen LogP contribution in [0.25, 0.3) is 65.4 Å². The highest BCUT2D eigenvalue weighted by Gasteiger charge is 2.22. The van der Waals surface area contributed by atoms with Crippen LogP contribution in [0, 0.1) is 0 Å². The summed E-state index contributed by atoms with van der Waals surface area (Å²) in [7, 11) is 6.61. The lowest BCUT2D eigenvalue weighted by molar-refractivity contribution is 0.355. The Bertz CT molecular complexity index is 3490. The van der Waals surface area contributed by atoms with Crippen molar-refractivity contribution < 1.29 is 27.8 Å². The van der Waals surface area contributed by atoms with E-state index < -0.39 is 0 Å². The van der Waals surface area contributed by atoms with Crippen molar-refractivity contribution in [2.75, 3.05) is 38.2 Å². The SMILES string of the molecule is COc1ccc(N(c2ccccc2)c2ccc3c(ccc4c5ccc6oc7c8ccc(N(c9ccccc9)c9ccc(OC)c(OC)c9)cc8ccc7c6c5oc34)c2)cc1OC. The second-order valence-electron chi connectivity index (χ2n) is 15.1. The van der Waals surface area contributed by atoms with Crippen LogP contribution in [0.5, 0.6) is 23.0 Å². The molecule has 0 fully saturated rings. The maximum absolute atomic E-state index is 6.94. The zero-order valence-electron chi connectivity index (χ0n) is 34.5. The molecule has 0 radical (unpaired) electrons. The summed E-state index contributed by atoms with van der Waals surface area (Å²) < 4.78 is 36.1. The van der Waals surface area contributed by atoms with Crippen molar-refractivity contribution in [2.45, 2.75) is 0 Å². The van der Waals surface area contributed by atoms with E-state index in [1.54, 1.807) is 28.4 Å². The van der Waals surface area contributed by atoms with E-state index in [2.05, 4.69) is 107 Å². The number of nitrogens with zero attached hydrogens (tertiary/aromatic N) is 2. The van der Waals surface area contributed by atoms with Gasteiger partial charge < -0.3 is 37.6 Å². The lowest BCUT2D eigenvalue weighted by atomic mass is 10.0. The Balaban J connectivity index is 1.03. The molecule has 0 atom stereocenters. The number of ether oxygens (including phenoxy) is 4. The van der Waals surface area contributed by atoms with Crippen molar-refractivity contribution in [3.05, 3.63) is 170 Å². The smallest absolute Gasteiger partial charge is 0.162 e. The minimum atomic E-state index is 0.658. The molecule has 0 saturated heterocycles. The Labute approximate surface area is 357 Å². The predicted octanol–water partition coefficient (Wildman–Crippen LogP) is 14.8. The summed E-state index contributed by atoms with van der Waals surface area (Å²) in [5.41, 5.74) is 9.17. The molecule has 0 aliphatic heterocycles. The summed E-state index contributed by atoms with van der Waals surface area (Å²) in [4.78, 5) is 4.43. The average Bonchev–Trinajstić information content (AvgIpc) is 3.91. The topological polar surface area (TPSA) is 69.7 Å². The van der Waals surface area contributed by atoms with E-state index in [4.69, 9.17) is 27.8 Å². The summed E-state index contributed by atoms with van der Waals surface area (Å²) in [6.45, 7) is 0. The van der Waals surface area contributed by atoms with Crippen molar-refractivity contribution in [2.24, 2.45) is 0 Å². The molecule has 11 aromatic rings. The largest absolute Gasteiger partial charge is 0.493 e. The third-order valence-corrected chi connectivity index (χ3v) is 11.8. The van der Waals surface area contributed by atoms with Crippen LogP contribution >= 0.6 is 0 Å². The first-order valence-electron chi connectivity index (χ1n) is 20.4. The van der Waals surface area contributed by atoms with Crippen LogP contribution < -0.4 is 28.7 Å². The van der Waals surface area contributed by atoms with Crippen molar-refractivity contribution in [1.29, 1.82) is 0 Å². The van der Waals surface area contributed by atoms with Gasteiger partial charge in [-0.3, -0.25) is 0 Å². The van der Waals surface area contributed by atoms with Gasteiger partial charge in [0.05, 0.1) is 45.2 Å². The van der Waals surface area contributed by atoms with Gasteiger partial charge in [0.2, 0.25) is 0 Å². The van der Waals surface area contributed by atoms with Crippen LogP contribution in [0.4, 0.5) is 34.1 Å². The molecule has 0 aliphatic carbocycles. The zero-order chi connectivity index (χ0) is 41.9. The number of methoxy groups -OCH3 is 4. The fourth-order valence-corrected chi connectivity index (χ4v) is 8.90. The predicted molar refractivity (Wildman–Crippen MR) is 252 cm³/mol. The Kier molecular flexibility index (Phi) is 8.86. The summed E-state index contributed by atoms with van der Waals surface area (Å²) in [5, 5.41) is 8.22. The van der Waals surface area contributed by atoms with Crippen molar-refractivity contribution >= 4 is 99.5 Å². The highest BCUT2D eigenvalue weighted by Crippen LogP contribution is 2.46. The molecule has 302 valence electrons. The highest BCUT2D eigenvalue weighted by molar-refractivity contribution is 6.27. The molecule has 0 aliphatic rings. The van der Waals surface area contributed by atoms with Crippen LogP contribution in [0.3, 0.4) is 0 Å². The van der Waals surface area contributed by atoms with Gasteiger partial charge in [-0.25, -0.2) is 0 Å². The molecular weight excluding hydrogens is 773 g/mol. The second kappa shape index (κ2) is 14.9. The van der Waals surface area contributed by atoms with E-state index in [-0.39, 0.29) is 0 Å². The molecule has 0 unspecified atom stereocenters. The van der Waals surface area contributed by atoms with Crippen molar-refractivity contribution in [3.8, 4) is 23.0 Å². The fraction of sp³-hybridized carbons (Fsp3) is 0.0741. The van der Waals surface area contributed by atoms with E-state index in [1.807, 2.05) is 72.8 Å². The minimum Gasteiger partial charge on any atom is -0.493 e. The van der Waals surface area contributed by atoms with Gasteiger partial charge in [0.25, 0.3) is 0 Å². The molecule has 0 saturated carbocycles. The Hall–Kier alpha value is -8.10. The lowest BCUT2D eigenvalue weighted by Gasteiger charge is -2.26. The van der Waals surface area contributed by atoms with Gasteiger partial charge >= 0.3 is 0 Å². The molecule has 11 rings (SSSR count). The minimum absolute atomic E-state index is 0.658. The van der Waals surface area contributed by atoms with Gasteiger partial charge in [0.15, 0.2) is 23.0 Å². The van der Waals surface area contributed by atoms with Crippen molar-refractivity contribution in [1.82, 2.24) is 0 Å². The molecule has 0 N–H and O–H groups in total. The maximum Gasteiger partial charge on any atom is 0.162 e. The van der Waals surface area contributed by atoms with Gasteiger partial charge in [-0.05, 0) is 120 Å². The van der Waals surface area contributed by atoms with E-state index in [9.17, 15) is 0 Å². The first-order chi connectivity index (χ1) is 30.5.